The van der Waals surface area contributed by atoms with Crippen molar-refractivity contribution in [3.63, 3.8) is 0 Å². The topological polar surface area (TPSA) is 80.5 Å². The molecule has 2 heterocycles. The van der Waals surface area contributed by atoms with E-state index in [0.717, 1.165) is 16.0 Å². The number of rotatable bonds is 3. The number of benzene rings is 1. The molecular formula is C13H12BrN5S. The van der Waals surface area contributed by atoms with E-state index in [1.807, 2.05) is 6.07 Å². The highest BCUT2D eigenvalue weighted by Gasteiger charge is 2.10. The second-order valence-corrected chi connectivity index (χ2v) is 6.15. The summed E-state index contributed by atoms with van der Waals surface area (Å²) in [6.45, 7) is 2.13. The van der Waals surface area contributed by atoms with Crippen molar-refractivity contribution in [1.82, 2.24) is 19.9 Å². The van der Waals surface area contributed by atoms with Crippen LogP contribution in [0, 0.1) is 0 Å². The summed E-state index contributed by atoms with van der Waals surface area (Å²) in [6, 6.07) is 6.23. The lowest BCUT2D eigenvalue weighted by Gasteiger charge is -2.05. The van der Waals surface area contributed by atoms with Gasteiger partial charge in [-0.2, -0.15) is 0 Å². The summed E-state index contributed by atoms with van der Waals surface area (Å²) in [5, 5.41) is 0.768. The number of hydrogen-bond acceptors (Lipinski definition) is 5. The third-order valence-corrected chi connectivity index (χ3v) is 4.40. The van der Waals surface area contributed by atoms with Crippen LogP contribution in [-0.4, -0.2) is 19.9 Å². The zero-order valence-corrected chi connectivity index (χ0v) is 13.1. The number of imidazole rings is 1. The molecule has 5 nitrogen and oxygen atoms in total. The first kappa shape index (κ1) is 13.4. The highest BCUT2D eigenvalue weighted by Crippen LogP contribution is 2.32. The number of nitrogen functional groups attached to an aromatic ring is 1. The summed E-state index contributed by atoms with van der Waals surface area (Å²) in [5.74, 6) is 0.417. The lowest BCUT2D eigenvalue weighted by Crippen LogP contribution is -1.91. The number of hydrogen-bond donors (Lipinski definition) is 2. The van der Waals surface area contributed by atoms with E-state index in [0.29, 0.717) is 17.0 Å². The van der Waals surface area contributed by atoms with Crippen LogP contribution in [0.2, 0.25) is 0 Å². The highest BCUT2D eigenvalue weighted by molar-refractivity contribution is 9.10. The van der Waals surface area contributed by atoms with Gasteiger partial charge in [-0.1, -0.05) is 34.6 Å². The van der Waals surface area contributed by atoms with Gasteiger partial charge in [0.15, 0.2) is 16.6 Å². The van der Waals surface area contributed by atoms with Crippen LogP contribution in [0.3, 0.4) is 0 Å². The standard InChI is InChI=1S/C13H12BrN5S/c1-2-7-5-8(14)3-4-9(7)20-13-18-10-11(15)16-6-17-12(10)19-13/h3-6H,2H2,1H3,(H3,15,16,17,18,19). The fourth-order valence-electron chi connectivity index (χ4n) is 1.90. The Morgan fingerprint density at radius 2 is 2.20 bits per heavy atom. The molecule has 0 bridgehead atoms. The number of nitrogens with two attached hydrogens (primary N) is 1. The maximum absolute atomic E-state index is 5.80. The Morgan fingerprint density at radius 1 is 1.35 bits per heavy atom. The van der Waals surface area contributed by atoms with Crippen molar-refractivity contribution >= 4 is 44.7 Å². The number of fused-ring (bicyclic) bond motifs is 1. The van der Waals surface area contributed by atoms with E-state index in [1.54, 1.807) is 11.8 Å². The molecule has 0 saturated heterocycles. The second-order valence-electron chi connectivity index (χ2n) is 4.21. The van der Waals surface area contributed by atoms with E-state index in [1.165, 1.54) is 16.8 Å². The maximum Gasteiger partial charge on any atom is 0.183 e. The van der Waals surface area contributed by atoms with Gasteiger partial charge in [-0.3, -0.25) is 0 Å². The van der Waals surface area contributed by atoms with Gasteiger partial charge in [0.1, 0.15) is 11.8 Å². The fourth-order valence-corrected chi connectivity index (χ4v) is 3.27. The molecule has 1 aromatic carbocycles. The van der Waals surface area contributed by atoms with E-state index in [4.69, 9.17) is 5.73 Å². The summed E-state index contributed by atoms with van der Waals surface area (Å²) in [5.41, 5.74) is 8.35. The number of aryl methyl sites for hydroxylation is 1. The van der Waals surface area contributed by atoms with Gasteiger partial charge in [-0.25, -0.2) is 15.0 Å². The molecule has 0 aliphatic heterocycles. The minimum absolute atomic E-state index is 0.417. The minimum Gasteiger partial charge on any atom is -0.382 e. The minimum atomic E-state index is 0.417. The molecule has 0 aliphatic rings. The molecular weight excluding hydrogens is 338 g/mol. The normalized spacial score (nSPS) is 11.1. The number of halogens is 1. The molecule has 0 fully saturated rings. The van der Waals surface area contributed by atoms with E-state index in [9.17, 15) is 0 Å². The molecule has 20 heavy (non-hydrogen) atoms. The Morgan fingerprint density at radius 3 is 2.95 bits per heavy atom. The van der Waals surface area contributed by atoms with Crippen LogP contribution in [0.25, 0.3) is 11.2 Å². The first-order chi connectivity index (χ1) is 9.67. The summed E-state index contributed by atoms with van der Waals surface area (Å²) >= 11 is 5.06. The van der Waals surface area contributed by atoms with Crippen LogP contribution in [0.15, 0.2) is 39.1 Å². The molecule has 3 aromatic rings. The largest absolute Gasteiger partial charge is 0.382 e. The van der Waals surface area contributed by atoms with Gasteiger partial charge in [0.25, 0.3) is 0 Å². The Hall–Kier alpha value is -1.60. The van der Waals surface area contributed by atoms with Crippen molar-refractivity contribution in [2.45, 2.75) is 23.4 Å². The van der Waals surface area contributed by atoms with Crippen molar-refractivity contribution in [1.29, 1.82) is 0 Å². The summed E-state index contributed by atoms with van der Waals surface area (Å²) < 4.78 is 1.08. The lowest BCUT2D eigenvalue weighted by molar-refractivity contribution is 1.05. The average molecular weight is 350 g/mol. The Kier molecular flexibility index (Phi) is 3.62. The Balaban J connectivity index is 1.99. The monoisotopic (exact) mass is 349 g/mol. The third-order valence-electron chi connectivity index (χ3n) is 2.91. The smallest absolute Gasteiger partial charge is 0.183 e. The second kappa shape index (κ2) is 5.41. The van der Waals surface area contributed by atoms with E-state index in [2.05, 4.69) is 54.9 Å². The highest BCUT2D eigenvalue weighted by atomic mass is 79.9. The summed E-state index contributed by atoms with van der Waals surface area (Å²) in [4.78, 5) is 16.8. The van der Waals surface area contributed by atoms with Crippen LogP contribution in [-0.2, 0) is 6.42 Å². The Labute approximate surface area is 128 Å². The number of nitrogens with zero attached hydrogens (tertiary/aromatic N) is 3. The molecule has 0 spiro atoms. The number of nitrogens with one attached hydrogen (secondary N) is 1. The van der Waals surface area contributed by atoms with Gasteiger partial charge >= 0.3 is 0 Å². The summed E-state index contributed by atoms with van der Waals surface area (Å²) in [7, 11) is 0. The molecule has 0 unspecified atom stereocenters. The molecule has 3 rings (SSSR count). The molecule has 3 N–H and O–H groups in total. The predicted molar refractivity (Wildman–Crippen MR) is 83.7 cm³/mol. The number of H-pyrrole nitrogens is 1. The molecule has 0 radical (unpaired) electrons. The quantitative estimate of drug-likeness (QED) is 0.757. The van der Waals surface area contributed by atoms with Gasteiger partial charge in [0, 0.05) is 9.37 Å². The van der Waals surface area contributed by atoms with Crippen molar-refractivity contribution in [2.24, 2.45) is 0 Å². The molecule has 0 atom stereocenters. The SMILES string of the molecule is CCc1cc(Br)ccc1Sc1nc2ncnc(N)c2[nH]1. The fraction of sp³-hybridized carbons (Fsp3) is 0.154. The third kappa shape index (κ3) is 2.51. The van der Waals surface area contributed by atoms with Crippen LogP contribution in [0.1, 0.15) is 12.5 Å². The lowest BCUT2D eigenvalue weighted by atomic mass is 10.2. The van der Waals surface area contributed by atoms with Crippen LogP contribution in [0.5, 0.6) is 0 Å². The summed E-state index contributed by atoms with van der Waals surface area (Å²) in [6.07, 6.45) is 2.38. The Bertz CT molecular complexity index is 771. The van der Waals surface area contributed by atoms with Crippen LogP contribution >= 0.6 is 27.7 Å². The number of aromatic amines is 1. The van der Waals surface area contributed by atoms with Crippen molar-refractivity contribution in [3.8, 4) is 0 Å². The van der Waals surface area contributed by atoms with Crippen LogP contribution < -0.4 is 5.73 Å². The van der Waals surface area contributed by atoms with E-state index >= 15 is 0 Å². The number of aromatic nitrogens is 4. The van der Waals surface area contributed by atoms with Crippen LogP contribution in [0.4, 0.5) is 5.82 Å². The van der Waals surface area contributed by atoms with Gasteiger partial charge in [-0.15, -0.1) is 0 Å². The first-order valence-corrected chi connectivity index (χ1v) is 7.70. The maximum atomic E-state index is 5.80. The predicted octanol–water partition coefficient (Wildman–Crippen LogP) is 3.41. The zero-order valence-electron chi connectivity index (χ0n) is 10.7. The van der Waals surface area contributed by atoms with E-state index in [-0.39, 0.29) is 0 Å². The van der Waals surface area contributed by atoms with Gasteiger partial charge < -0.3 is 10.7 Å². The number of anilines is 1. The zero-order chi connectivity index (χ0) is 14.1. The van der Waals surface area contributed by atoms with Gasteiger partial charge in [0.05, 0.1) is 0 Å². The van der Waals surface area contributed by atoms with Crippen molar-refractivity contribution in [3.05, 3.63) is 34.6 Å². The van der Waals surface area contributed by atoms with Gasteiger partial charge in [-0.05, 0) is 30.2 Å². The molecule has 0 saturated carbocycles. The molecule has 102 valence electrons. The first-order valence-electron chi connectivity index (χ1n) is 6.10. The van der Waals surface area contributed by atoms with Gasteiger partial charge in [0.2, 0.25) is 0 Å². The molecule has 0 aliphatic carbocycles. The van der Waals surface area contributed by atoms with Crippen molar-refractivity contribution in [2.75, 3.05) is 5.73 Å². The van der Waals surface area contributed by atoms with Crippen molar-refractivity contribution < 1.29 is 0 Å². The molecule has 0 amide bonds. The van der Waals surface area contributed by atoms with E-state index < -0.39 is 0 Å². The molecule has 7 heteroatoms. The molecule has 2 aromatic heterocycles. The average Bonchev–Trinajstić information content (AvgIpc) is 2.85.